The average Bonchev–Trinajstić information content (AvgIpc) is 2.65. The number of aryl methyl sites for hydroxylation is 1. The second kappa shape index (κ2) is 4.32. The summed E-state index contributed by atoms with van der Waals surface area (Å²) in [7, 11) is 1.90. The van der Waals surface area contributed by atoms with E-state index >= 15 is 0 Å². The van der Waals surface area contributed by atoms with Gasteiger partial charge in [0.25, 0.3) is 0 Å². The summed E-state index contributed by atoms with van der Waals surface area (Å²) in [5.41, 5.74) is 8.28. The van der Waals surface area contributed by atoms with Gasteiger partial charge in [-0.2, -0.15) is 5.10 Å². The van der Waals surface area contributed by atoms with E-state index in [1.807, 2.05) is 17.8 Å². The molecule has 0 bridgehead atoms. The Morgan fingerprint density at radius 2 is 1.93 bits per heavy atom. The van der Waals surface area contributed by atoms with E-state index in [1.165, 1.54) is 3.57 Å². The fourth-order valence-electron chi connectivity index (χ4n) is 1.53. The molecular formula is C11H12IN3. The number of hydrogen-bond acceptors (Lipinski definition) is 2. The summed E-state index contributed by atoms with van der Waals surface area (Å²) in [4.78, 5) is 0. The molecule has 2 rings (SSSR count). The van der Waals surface area contributed by atoms with Crippen LogP contribution in [-0.4, -0.2) is 9.78 Å². The predicted octanol–water partition coefficient (Wildman–Crippen LogP) is 2.07. The third kappa shape index (κ3) is 2.21. The monoisotopic (exact) mass is 313 g/mol. The molecule has 2 N–H and O–H groups in total. The Balaban J connectivity index is 2.32. The number of halogens is 1. The lowest BCUT2D eigenvalue weighted by molar-refractivity contribution is 0.673. The van der Waals surface area contributed by atoms with Crippen molar-refractivity contribution in [2.75, 3.05) is 0 Å². The van der Waals surface area contributed by atoms with Gasteiger partial charge in [0.1, 0.15) is 0 Å². The van der Waals surface area contributed by atoms with Gasteiger partial charge < -0.3 is 5.73 Å². The van der Waals surface area contributed by atoms with Gasteiger partial charge in [0.2, 0.25) is 0 Å². The maximum absolute atomic E-state index is 6.15. The van der Waals surface area contributed by atoms with Crippen LogP contribution in [-0.2, 0) is 7.05 Å². The molecule has 0 saturated heterocycles. The van der Waals surface area contributed by atoms with Gasteiger partial charge in [-0.25, -0.2) is 0 Å². The third-order valence-electron chi connectivity index (χ3n) is 2.41. The normalized spacial score (nSPS) is 12.7. The van der Waals surface area contributed by atoms with Crippen molar-refractivity contribution in [2.24, 2.45) is 12.8 Å². The molecule has 0 saturated carbocycles. The van der Waals surface area contributed by atoms with E-state index in [9.17, 15) is 0 Å². The zero-order valence-electron chi connectivity index (χ0n) is 8.39. The summed E-state index contributed by atoms with van der Waals surface area (Å²) in [5.74, 6) is 0. The van der Waals surface area contributed by atoms with E-state index in [0.29, 0.717) is 0 Å². The minimum absolute atomic E-state index is 0.102. The molecule has 4 heteroatoms. The lowest BCUT2D eigenvalue weighted by atomic mass is 10.1. The van der Waals surface area contributed by atoms with Crippen molar-refractivity contribution < 1.29 is 0 Å². The van der Waals surface area contributed by atoms with Crippen LogP contribution in [0.1, 0.15) is 17.3 Å². The van der Waals surface area contributed by atoms with E-state index in [-0.39, 0.29) is 6.04 Å². The van der Waals surface area contributed by atoms with Crippen LogP contribution >= 0.6 is 22.6 Å². The second-order valence-corrected chi connectivity index (χ2v) is 4.65. The summed E-state index contributed by atoms with van der Waals surface area (Å²) >= 11 is 2.28. The number of aromatic nitrogens is 2. The molecule has 0 fully saturated rings. The molecule has 0 amide bonds. The lowest BCUT2D eigenvalue weighted by Gasteiger charge is -2.12. The van der Waals surface area contributed by atoms with Crippen LogP contribution in [0.4, 0.5) is 0 Å². The minimum Gasteiger partial charge on any atom is -0.319 e. The molecule has 1 aromatic heterocycles. The van der Waals surface area contributed by atoms with Crippen LogP contribution in [0.15, 0.2) is 36.5 Å². The van der Waals surface area contributed by atoms with Crippen LogP contribution in [0.3, 0.4) is 0 Å². The summed E-state index contributed by atoms with van der Waals surface area (Å²) in [5, 5.41) is 4.12. The zero-order valence-corrected chi connectivity index (χ0v) is 10.5. The van der Waals surface area contributed by atoms with Crippen LogP contribution in [0, 0.1) is 3.57 Å². The smallest absolute Gasteiger partial charge is 0.0723 e. The van der Waals surface area contributed by atoms with E-state index in [0.717, 1.165) is 11.3 Å². The standard InChI is InChI=1S/C11H12IN3/c1-15-10(6-7-14-15)11(13)8-2-4-9(12)5-3-8/h2-7,11H,13H2,1H3. The molecule has 15 heavy (non-hydrogen) atoms. The van der Waals surface area contributed by atoms with Crippen molar-refractivity contribution in [3.8, 4) is 0 Å². The van der Waals surface area contributed by atoms with Gasteiger partial charge in [-0.3, -0.25) is 4.68 Å². The lowest BCUT2D eigenvalue weighted by Crippen LogP contribution is -2.15. The fraction of sp³-hybridized carbons (Fsp3) is 0.182. The number of benzene rings is 1. The highest BCUT2D eigenvalue weighted by molar-refractivity contribution is 14.1. The van der Waals surface area contributed by atoms with E-state index in [1.54, 1.807) is 6.20 Å². The van der Waals surface area contributed by atoms with Crippen LogP contribution in [0.5, 0.6) is 0 Å². The second-order valence-electron chi connectivity index (χ2n) is 3.41. The largest absolute Gasteiger partial charge is 0.319 e. The first-order valence-electron chi connectivity index (χ1n) is 4.67. The Bertz CT molecular complexity index is 447. The highest BCUT2D eigenvalue weighted by Gasteiger charge is 2.11. The molecule has 0 spiro atoms. The molecule has 78 valence electrons. The SMILES string of the molecule is Cn1nccc1C(N)c1ccc(I)cc1. The topological polar surface area (TPSA) is 43.8 Å². The quantitative estimate of drug-likeness (QED) is 0.863. The Morgan fingerprint density at radius 3 is 2.47 bits per heavy atom. The molecule has 0 aliphatic carbocycles. The number of hydrogen-bond donors (Lipinski definition) is 1. The number of nitrogens with two attached hydrogens (primary N) is 1. The summed E-state index contributed by atoms with van der Waals surface area (Å²) < 4.78 is 3.02. The molecule has 2 aromatic rings. The van der Waals surface area contributed by atoms with E-state index < -0.39 is 0 Å². The van der Waals surface area contributed by atoms with Gasteiger partial charge in [0, 0.05) is 16.8 Å². The molecule has 1 unspecified atom stereocenters. The minimum atomic E-state index is -0.102. The summed E-state index contributed by atoms with van der Waals surface area (Å²) in [6.45, 7) is 0. The van der Waals surface area contributed by atoms with Crippen LogP contribution in [0.2, 0.25) is 0 Å². The summed E-state index contributed by atoms with van der Waals surface area (Å²) in [6.07, 6.45) is 1.77. The Morgan fingerprint density at radius 1 is 1.27 bits per heavy atom. The molecule has 1 heterocycles. The van der Waals surface area contributed by atoms with E-state index in [2.05, 4.69) is 52.0 Å². The molecular weight excluding hydrogens is 301 g/mol. The van der Waals surface area contributed by atoms with Gasteiger partial charge in [-0.05, 0) is 46.4 Å². The Kier molecular flexibility index (Phi) is 3.06. The van der Waals surface area contributed by atoms with E-state index in [4.69, 9.17) is 5.73 Å². The number of rotatable bonds is 2. The molecule has 0 radical (unpaired) electrons. The fourth-order valence-corrected chi connectivity index (χ4v) is 1.89. The molecule has 3 nitrogen and oxygen atoms in total. The maximum Gasteiger partial charge on any atom is 0.0723 e. The van der Waals surface area contributed by atoms with Crippen molar-refractivity contribution >= 4 is 22.6 Å². The first-order valence-corrected chi connectivity index (χ1v) is 5.75. The molecule has 1 atom stereocenters. The zero-order chi connectivity index (χ0) is 10.8. The van der Waals surface area contributed by atoms with Crippen molar-refractivity contribution in [2.45, 2.75) is 6.04 Å². The van der Waals surface area contributed by atoms with Gasteiger partial charge in [-0.1, -0.05) is 12.1 Å². The molecule has 0 aliphatic rings. The van der Waals surface area contributed by atoms with Crippen LogP contribution in [0.25, 0.3) is 0 Å². The summed E-state index contributed by atoms with van der Waals surface area (Å²) in [6, 6.07) is 10.1. The van der Waals surface area contributed by atoms with Gasteiger partial charge in [-0.15, -0.1) is 0 Å². The van der Waals surface area contributed by atoms with Gasteiger partial charge in [0.15, 0.2) is 0 Å². The Labute approximate surface area is 102 Å². The predicted molar refractivity (Wildman–Crippen MR) is 68.4 cm³/mol. The van der Waals surface area contributed by atoms with Gasteiger partial charge in [0.05, 0.1) is 11.7 Å². The highest BCUT2D eigenvalue weighted by atomic mass is 127. The highest BCUT2D eigenvalue weighted by Crippen LogP contribution is 2.19. The first kappa shape index (κ1) is 10.6. The Hall–Kier alpha value is -0.880. The molecule has 1 aromatic carbocycles. The molecule has 0 aliphatic heterocycles. The van der Waals surface area contributed by atoms with Gasteiger partial charge >= 0.3 is 0 Å². The van der Waals surface area contributed by atoms with Crippen molar-refractivity contribution in [1.29, 1.82) is 0 Å². The third-order valence-corrected chi connectivity index (χ3v) is 3.13. The maximum atomic E-state index is 6.15. The van der Waals surface area contributed by atoms with Crippen molar-refractivity contribution in [3.63, 3.8) is 0 Å². The average molecular weight is 313 g/mol. The van der Waals surface area contributed by atoms with Crippen LogP contribution < -0.4 is 5.73 Å². The number of nitrogens with zero attached hydrogens (tertiary/aromatic N) is 2. The van der Waals surface area contributed by atoms with Crippen molar-refractivity contribution in [3.05, 3.63) is 51.4 Å². The first-order chi connectivity index (χ1) is 7.18. The van der Waals surface area contributed by atoms with Crippen molar-refractivity contribution in [1.82, 2.24) is 9.78 Å².